The standard InChI is InChI=1S/C9H7NS.C2H2O4/c1-2-7-6-9-8(3-5-11-9)10(7)4-1;3-1(4)2(5)6/h1-4,6H,5H2;(H,3,4)(H,5,6). The van der Waals surface area contributed by atoms with Crippen molar-refractivity contribution in [3.8, 4) is 0 Å². The van der Waals surface area contributed by atoms with Crippen molar-refractivity contribution in [3.63, 3.8) is 0 Å². The molecule has 0 unspecified atom stereocenters. The molecule has 2 aromatic rings. The SMILES string of the molecule is C1=c2c(cc3cccn23)SC1.O=C(O)C(=O)O. The summed E-state index contributed by atoms with van der Waals surface area (Å²) in [5.74, 6) is -2.51. The summed E-state index contributed by atoms with van der Waals surface area (Å²) in [4.78, 5) is 19.6. The molecule has 3 heterocycles. The number of carboxylic acids is 2. The zero-order valence-electron chi connectivity index (χ0n) is 8.66. The van der Waals surface area contributed by atoms with Crippen LogP contribution in [-0.4, -0.2) is 32.3 Å². The van der Waals surface area contributed by atoms with Crippen molar-refractivity contribution in [1.29, 1.82) is 0 Å². The lowest BCUT2D eigenvalue weighted by molar-refractivity contribution is -0.159. The van der Waals surface area contributed by atoms with Crippen LogP contribution in [0.2, 0.25) is 0 Å². The predicted octanol–water partition coefficient (Wildman–Crippen LogP) is 0.700. The Kier molecular flexibility index (Phi) is 3.06. The first kappa shape index (κ1) is 11.5. The van der Waals surface area contributed by atoms with Crippen LogP contribution >= 0.6 is 11.8 Å². The van der Waals surface area contributed by atoms with Gasteiger partial charge in [0.2, 0.25) is 0 Å². The Morgan fingerprint density at radius 2 is 2.00 bits per heavy atom. The van der Waals surface area contributed by atoms with Crippen molar-refractivity contribution >= 4 is 35.3 Å². The van der Waals surface area contributed by atoms with Gasteiger partial charge in [-0.25, -0.2) is 9.59 Å². The van der Waals surface area contributed by atoms with E-state index in [1.54, 1.807) is 0 Å². The van der Waals surface area contributed by atoms with Crippen LogP contribution in [0.25, 0.3) is 11.6 Å². The van der Waals surface area contributed by atoms with Crippen LogP contribution in [0.3, 0.4) is 0 Å². The Hall–Kier alpha value is -1.95. The van der Waals surface area contributed by atoms with E-state index in [1.165, 1.54) is 15.8 Å². The Bertz CT molecular complexity index is 619. The van der Waals surface area contributed by atoms with Crippen molar-refractivity contribution in [3.05, 3.63) is 29.7 Å². The van der Waals surface area contributed by atoms with Gasteiger partial charge in [-0.15, -0.1) is 11.8 Å². The van der Waals surface area contributed by atoms with Crippen LogP contribution in [0, 0.1) is 0 Å². The molecule has 0 radical (unpaired) electrons. The van der Waals surface area contributed by atoms with Gasteiger partial charge in [0.1, 0.15) is 0 Å². The fraction of sp³-hybridized carbons (Fsp3) is 0.0909. The molecule has 1 aliphatic rings. The van der Waals surface area contributed by atoms with Crippen LogP contribution in [0.1, 0.15) is 0 Å². The number of carbonyl (C=O) groups is 2. The molecule has 0 atom stereocenters. The van der Waals surface area contributed by atoms with E-state index in [4.69, 9.17) is 19.8 Å². The molecule has 2 N–H and O–H groups in total. The first-order chi connectivity index (χ1) is 8.09. The third kappa shape index (κ3) is 2.26. The number of carboxylic acid groups (broad SMARTS) is 2. The minimum Gasteiger partial charge on any atom is -0.473 e. The fourth-order valence-corrected chi connectivity index (χ4v) is 2.54. The van der Waals surface area contributed by atoms with Gasteiger partial charge in [0, 0.05) is 22.4 Å². The summed E-state index contributed by atoms with van der Waals surface area (Å²) < 4.78 is 2.25. The molecule has 5 nitrogen and oxygen atoms in total. The maximum atomic E-state index is 9.10. The van der Waals surface area contributed by atoms with E-state index in [0.717, 1.165) is 5.75 Å². The summed E-state index contributed by atoms with van der Waals surface area (Å²) in [6.07, 6.45) is 4.41. The summed E-state index contributed by atoms with van der Waals surface area (Å²) >= 11 is 1.92. The molecule has 6 heteroatoms. The Labute approximate surface area is 100 Å². The molecule has 0 saturated carbocycles. The Balaban J connectivity index is 0.000000157. The van der Waals surface area contributed by atoms with Gasteiger partial charge in [0.25, 0.3) is 0 Å². The Morgan fingerprint density at radius 1 is 1.29 bits per heavy atom. The first-order valence-corrected chi connectivity index (χ1v) is 5.77. The topological polar surface area (TPSA) is 79.0 Å². The van der Waals surface area contributed by atoms with Crippen LogP contribution in [0.5, 0.6) is 0 Å². The van der Waals surface area contributed by atoms with Crippen LogP contribution in [0.15, 0.2) is 29.3 Å². The number of fused-ring (bicyclic) bond motifs is 3. The van der Waals surface area contributed by atoms with Gasteiger partial charge in [0.15, 0.2) is 0 Å². The second kappa shape index (κ2) is 4.50. The van der Waals surface area contributed by atoms with E-state index in [-0.39, 0.29) is 0 Å². The molecule has 1 aliphatic heterocycles. The van der Waals surface area contributed by atoms with Crippen LogP contribution < -0.4 is 5.35 Å². The summed E-state index contributed by atoms with van der Waals surface area (Å²) in [5, 5.41) is 16.2. The molecule has 0 aromatic carbocycles. The predicted molar refractivity (Wildman–Crippen MR) is 63.1 cm³/mol. The number of nitrogens with zero attached hydrogens (tertiary/aromatic N) is 1. The highest BCUT2D eigenvalue weighted by molar-refractivity contribution is 7.99. The molecule has 2 aromatic heterocycles. The van der Waals surface area contributed by atoms with Crippen molar-refractivity contribution in [1.82, 2.24) is 4.40 Å². The number of thioether (sulfide) groups is 1. The zero-order valence-corrected chi connectivity index (χ0v) is 9.48. The monoisotopic (exact) mass is 251 g/mol. The van der Waals surface area contributed by atoms with Crippen molar-refractivity contribution < 1.29 is 19.8 Å². The van der Waals surface area contributed by atoms with E-state index < -0.39 is 11.9 Å². The zero-order chi connectivity index (χ0) is 12.4. The number of hydrogen-bond donors (Lipinski definition) is 2. The smallest absolute Gasteiger partial charge is 0.414 e. The molecule has 88 valence electrons. The minimum atomic E-state index is -1.82. The molecule has 0 spiro atoms. The van der Waals surface area contributed by atoms with E-state index >= 15 is 0 Å². The molecule has 0 aliphatic carbocycles. The van der Waals surface area contributed by atoms with Gasteiger partial charge < -0.3 is 14.6 Å². The molecular formula is C11H9NO4S. The molecule has 0 saturated heterocycles. The average molecular weight is 251 g/mol. The van der Waals surface area contributed by atoms with Crippen LogP contribution in [-0.2, 0) is 9.59 Å². The van der Waals surface area contributed by atoms with Crippen molar-refractivity contribution in [2.45, 2.75) is 4.90 Å². The average Bonchev–Trinajstić information content (AvgIpc) is 2.88. The third-order valence-corrected chi connectivity index (χ3v) is 3.24. The first-order valence-electron chi connectivity index (χ1n) is 4.78. The van der Waals surface area contributed by atoms with Gasteiger partial charge in [0.05, 0.1) is 5.35 Å². The van der Waals surface area contributed by atoms with Gasteiger partial charge in [-0.3, -0.25) is 0 Å². The minimum absolute atomic E-state index is 1.14. The normalized spacial score (nSPS) is 12.5. The maximum Gasteiger partial charge on any atom is 0.414 e. The van der Waals surface area contributed by atoms with Gasteiger partial charge >= 0.3 is 11.9 Å². The summed E-state index contributed by atoms with van der Waals surface area (Å²) in [5.41, 5.74) is 1.32. The summed E-state index contributed by atoms with van der Waals surface area (Å²) in [6, 6.07) is 6.49. The fourth-order valence-electron chi connectivity index (χ4n) is 1.58. The van der Waals surface area contributed by atoms with Crippen LogP contribution in [0.4, 0.5) is 0 Å². The van der Waals surface area contributed by atoms with E-state index in [9.17, 15) is 0 Å². The lowest BCUT2D eigenvalue weighted by Gasteiger charge is -1.80. The lowest BCUT2D eigenvalue weighted by atomic mass is 10.5. The highest BCUT2D eigenvalue weighted by atomic mass is 32.2. The molecule has 0 amide bonds. The third-order valence-electron chi connectivity index (χ3n) is 2.27. The lowest BCUT2D eigenvalue weighted by Crippen LogP contribution is -2.09. The van der Waals surface area contributed by atoms with E-state index in [1.807, 2.05) is 11.8 Å². The van der Waals surface area contributed by atoms with E-state index in [0.29, 0.717) is 0 Å². The number of aromatic nitrogens is 1. The van der Waals surface area contributed by atoms with Gasteiger partial charge in [-0.1, -0.05) is 0 Å². The second-order valence-electron chi connectivity index (χ2n) is 3.32. The van der Waals surface area contributed by atoms with Crippen molar-refractivity contribution in [2.24, 2.45) is 0 Å². The number of rotatable bonds is 0. The maximum absolute atomic E-state index is 9.10. The Morgan fingerprint density at radius 3 is 2.65 bits per heavy atom. The second-order valence-corrected chi connectivity index (χ2v) is 4.38. The highest BCUT2D eigenvalue weighted by Crippen LogP contribution is 2.21. The molecule has 0 fully saturated rings. The molecule has 0 bridgehead atoms. The summed E-state index contributed by atoms with van der Waals surface area (Å²) in [7, 11) is 0. The quantitative estimate of drug-likeness (QED) is 0.674. The number of hydrogen-bond acceptors (Lipinski definition) is 3. The molecule has 17 heavy (non-hydrogen) atoms. The molecular weight excluding hydrogens is 242 g/mol. The molecule has 3 rings (SSSR count). The summed E-state index contributed by atoms with van der Waals surface area (Å²) in [6.45, 7) is 0. The van der Waals surface area contributed by atoms with Gasteiger partial charge in [-0.2, -0.15) is 0 Å². The highest BCUT2D eigenvalue weighted by Gasteiger charge is 2.08. The number of aliphatic carboxylic acids is 2. The van der Waals surface area contributed by atoms with Crippen molar-refractivity contribution in [2.75, 3.05) is 5.75 Å². The largest absolute Gasteiger partial charge is 0.473 e. The van der Waals surface area contributed by atoms with E-state index in [2.05, 4.69) is 34.9 Å². The van der Waals surface area contributed by atoms with Gasteiger partial charge in [-0.05, 0) is 24.3 Å².